The van der Waals surface area contributed by atoms with Gasteiger partial charge in [-0.3, -0.25) is 0 Å². The average Bonchev–Trinajstić information content (AvgIpc) is 2.70. The molecule has 3 aromatic carbocycles. The summed E-state index contributed by atoms with van der Waals surface area (Å²) in [6, 6.07) is 26.4. The maximum atomic E-state index is 2.38. The first-order chi connectivity index (χ1) is 13.2. The Morgan fingerprint density at radius 3 is 2.04 bits per heavy atom. The van der Waals surface area contributed by atoms with Gasteiger partial charge in [0.1, 0.15) is 0 Å². The van der Waals surface area contributed by atoms with Gasteiger partial charge in [0.05, 0.1) is 0 Å². The van der Waals surface area contributed by atoms with Gasteiger partial charge in [-0.25, -0.2) is 0 Å². The molecule has 0 N–H and O–H groups in total. The second-order valence-electron chi connectivity index (χ2n) is 7.21. The highest BCUT2D eigenvalue weighted by molar-refractivity contribution is 5.73. The fourth-order valence-electron chi connectivity index (χ4n) is 3.57. The monoisotopic (exact) mass is 351 g/mol. The fraction of sp³-hybridized carbons (Fsp3) is 0.154. The number of rotatable bonds is 4. The minimum Gasteiger partial charge on any atom is -0.314 e. The van der Waals surface area contributed by atoms with Crippen LogP contribution in [-0.4, -0.2) is 0 Å². The fourth-order valence-corrected chi connectivity index (χ4v) is 3.57. The molecule has 0 bridgehead atoms. The molecule has 0 aliphatic heterocycles. The first kappa shape index (κ1) is 17.4. The molecule has 1 aliphatic carbocycles. The van der Waals surface area contributed by atoms with Crippen molar-refractivity contribution in [3.63, 3.8) is 0 Å². The van der Waals surface area contributed by atoms with Crippen LogP contribution in [0, 0.1) is 13.8 Å². The zero-order valence-electron chi connectivity index (χ0n) is 16.0. The van der Waals surface area contributed by atoms with Gasteiger partial charge in [0.2, 0.25) is 0 Å². The lowest BCUT2D eigenvalue weighted by Gasteiger charge is -2.29. The van der Waals surface area contributed by atoms with Gasteiger partial charge < -0.3 is 4.90 Å². The van der Waals surface area contributed by atoms with Crippen molar-refractivity contribution in [2.75, 3.05) is 4.90 Å². The van der Waals surface area contributed by atoms with E-state index >= 15 is 0 Å². The lowest BCUT2D eigenvalue weighted by Crippen LogP contribution is -2.17. The SMILES string of the molecule is Cc1ccc(-c2ccc(N(C3=CC=CCC3)c3cccc(C)c3)cc2)cc1. The van der Waals surface area contributed by atoms with E-state index in [2.05, 4.69) is 110 Å². The highest BCUT2D eigenvalue weighted by Gasteiger charge is 2.15. The maximum absolute atomic E-state index is 2.38. The smallest absolute Gasteiger partial charge is 0.0461 e. The Morgan fingerprint density at radius 1 is 0.704 bits per heavy atom. The largest absolute Gasteiger partial charge is 0.314 e. The Balaban J connectivity index is 1.72. The van der Waals surface area contributed by atoms with Crippen molar-refractivity contribution in [2.45, 2.75) is 26.7 Å². The molecule has 0 aromatic heterocycles. The normalized spacial score (nSPS) is 13.3. The molecule has 0 atom stereocenters. The zero-order valence-corrected chi connectivity index (χ0v) is 16.0. The molecular weight excluding hydrogens is 326 g/mol. The third kappa shape index (κ3) is 3.88. The van der Waals surface area contributed by atoms with Crippen molar-refractivity contribution in [1.29, 1.82) is 0 Å². The van der Waals surface area contributed by atoms with Gasteiger partial charge in [0, 0.05) is 17.1 Å². The van der Waals surface area contributed by atoms with Crippen LogP contribution < -0.4 is 4.90 Å². The summed E-state index contributed by atoms with van der Waals surface area (Å²) in [4.78, 5) is 2.38. The second kappa shape index (κ2) is 7.67. The number of hydrogen-bond acceptors (Lipinski definition) is 1. The Kier molecular flexibility index (Phi) is 4.93. The highest BCUT2D eigenvalue weighted by Crippen LogP contribution is 2.34. The lowest BCUT2D eigenvalue weighted by atomic mass is 10.0. The van der Waals surface area contributed by atoms with Crippen LogP contribution in [0.3, 0.4) is 0 Å². The topological polar surface area (TPSA) is 3.24 Å². The first-order valence-electron chi connectivity index (χ1n) is 9.60. The second-order valence-corrected chi connectivity index (χ2v) is 7.21. The summed E-state index contributed by atoms with van der Waals surface area (Å²) < 4.78 is 0. The first-order valence-corrected chi connectivity index (χ1v) is 9.60. The maximum Gasteiger partial charge on any atom is 0.0461 e. The van der Waals surface area contributed by atoms with Crippen LogP contribution in [0.15, 0.2) is 96.7 Å². The van der Waals surface area contributed by atoms with Crippen molar-refractivity contribution in [3.05, 3.63) is 108 Å². The van der Waals surface area contributed by atoms with Gasteiger partial charge in [-0.2, -0.15) is 0 Å². The van der Waals surface area contributed by atoms with Gasteiger partial charge in [-0.1, -0.05) is 66.2 Å². The van der Waals surface area contributed by atoms with E-state index in [0.717, 1.165) is 12.8 Å². The molecule has 0 saturated carbocycles. The van der Waals surface area contributed by atoms with E-state index in [9.17, 15) is 0 Å². The predicted octanol–water partition coefficient (Wildman–Crippen LogP) is 7.34. The molecule has 1 aliphatic rings. The molecular formula is C26H25N. The molecule has 0 radical (unpaired) electrons. The summed E-state index contributed by atoms with van der Waals surface area (Å²) in [5, 5.41) is 0. The average molecular weight is 351 g/mol. The van der Waals surface area contributed by atoms with E-state index in [0.29, 0.717) is 0 Å². The molecule has 1 nitrogen and oxygen atoms in total. The third-order valence-electron chi connectivity index (χ3n) is 5.05. The lowest BCUT2D eigenvalue weighted by molar-refractivity contribution is 0.917. The van der Waals surface area contributed by atoms with Gasteiger partial charge >= 0.3 is 0 Å². The van der Waals surface area contributed by atoms with Gasteiger partial charge in [-0.15, -0.1) is 0 Å². The van der Waals surface area contributed by atoms with Gasteiger partial charge in [-0.05, 0) is 73.7 Å². The summed E-state index contributed by atoms with van der Waals surface area (Å²) in [7, 11) is 0. The molecule has 27 heavy (non-hydrogen) atoms. The molecule has 0 fully saturated rings. The van der Waals surface area contributed by atoms with Crippen LogP contribution in [0.1, 0.15) is 24.0 Å². The van der Waals surface area contributed by atoms with E-state index in [-0.39, 0.29) is 0 Å². The van der Waals surface area contributed by atoms with Crippen molar-refractivity contribution in [2.24, 2.45) is 0 Å². The molecule has 1 heteroatoms. The van der Waals surface area contributed by atoms with Crippen LogP contribution in [0.2, 0.25) is 0 Å². The van der Waals surface area contributed by atoms with E-state index in [1.165, 1.54) is 39.3 Å². The van der Waals surface area contributed by atoms with Gasteiger partial charge in [0.15, 0.2) is 0 Å². The van der Waals surface area contributed by atoms with Crippen LogP contribution in [0.25, 0.3) is 11.1 Å². The number of hydrogen-bond donors (Lipinski definition) is 0. The van der Waals surface area contributed by atoms with E-state index < -0.39 is 0 Å². The molecule has 0 spiro atoms. The Hall–Kier alpha value is -3.06. The van der Waals surface area contributed by atoms with Crippen LogP contribution in [0.5, 0.6) is 0 Å². The minimum atomic E-state index is 1.06. The van der Waals surface area contributed by atoms with E-state index in [1.54, 1.807) is 0 Å². The Bertz CT molecular complexity index is 975. The van der Waals surface area contributed by atoms with Crippen molar-refractivity contribution in [1.82, 2.24) is 0 Å². The van der Waals surface area contributed by atoms with E-state index in [1.807, 2.05) is 0 Å². The summed E-state index contributed by atoms with van der Waals surface area (Å²) >= 11 is 0. The Labute approximate surface area is 162 Å². The number of benzene rings is 3. The Morgan fingerprint density at radius 2 is 1.41 bits per heavy atom. The van der Waals surface area contributed by atoms with Crippen LogP contribution in [-0.2, 0) is 0 Å². The number of aryl methyl sites for hydroxylation is 2. The molecule has 4 rings (SSSR count). The molecule has 3 aromatic rings. The summed E-state index contributed by atoms with van der Waals surface area (Å²) in [6.07, 6.45) is 8.79. The molecule has 0 unspecified atom stereocenters. The molecule has 134 valence electrons. The van der Waals surface area contributed by atoms with Crippen molar-refractivity contribution >= 4 is 11.4 Å². The summed E-state index contributed by atoms with van der Waals surface area (Å²) in [5.41, 5.74) is 8.84. The van der Waals surface area contributed by atoms with Gasteiger partial charge in [0.25, 0.3) is 0 Å². The molecule has 0 saturated heterocycles. The number of anilines is 2. The number of nitrogens with zero attached hydrogens (tertiary/aromatic N) is 1. The number of allylic oxidation sites excluding steroid dienone is 4. The standard InChI is InChI=1S/C26H25N/c1-20-11-13-22(14-12-20)23-15-17-25(18-16-23)27(24-8-4-3-5-9-24)26-10-6-7-21(2)19-26/h3-4,6-8,10-19H,5,9H2,1-2H3. The highest BCUT2D eigenvalue weighted by atomic mass is 15.1. The quantitative estimate of drug-likeness (QED) is 0.475. The van der Waals surface area contributed by atoms with Crippen molar-refractivity contribution < 1.29 is 0 Å². The molecule has 0 amide bonds. The van der Waals surface area contributed by atoms with E-state index in [4.69, 9.17) is 0 Å². The minimum absolute atomic E-state index is 1.06. The predicted molar refractivity (Wildman–Crippen MR) is 116 cm³/mol. The van der Waals surface area contributed by atoms with Crippen LogP contribution >= 0.6 is 0 Å². The zero-order chi connectivity index (χ0) is 18.6. The van der Waals surface area contributed by atoms with Crippen molar-refractivity contribution in [3.8, 4) is 11.1 Å². The summed E-state index contributed by atoms with van der Waals surface area (Å²) in [6.45, 7) is 4.27. The third-order valence-corrected chi connectivity index (χ3v) is 5.05. The summed E-state index contributed by atoms with van der Waals surface area (Å²) in [5.74, 6) is 0. The molecule has 0 heterocycles. The van der Waals surface area contributed by atoms with Crippen LogP contribution in [0.4, 0.5) is 11.4 Å².